The number of carboxylic acids is 1. The van der Waals surface area contributed by atoms with Crippen molar-refractivity contribution in [3.05, 3.63) is 101 Å². The monoisotopic (exact) mass is 387 g/mol. The lowest BCUT2D eigenvalue weighted by atomic mass is 9.86. The second-order valence-electron chi connectivity index (χ2n) is 7.41. The van der Waals surface area contributed by atoms with Crippen molar-refractivity contribution in [3.63, 3.8) is 0 Å². The largest absolute Gasteiger partial charge is 0.497 e. The molecule has 0 radical (unpaired) electrons. The number of benzene rings is 3. The van der Waals surface area contributed by atoms with Crippen molar-refractivity contribution >= 4 is 5.97 Å². The molecule has 0 saturated heterocycles. The smallest absolute Gasteiger partial charge is 0.325 e. The average molecular weight is 387 g/mol. The Morgan fingerprint density at radius 3 is 2.41 bits per heavy atom. The number of carbonyl (C=O) groups is 1. The zero-order valence-corrected chi connectivity index (χ0v) is 16.5. The first-order valence-corrected chi connectivity index (χ1v) is 9.91. The molecule has 1 heterocycles. The van der Waals surface area contributed by atoms with Crippen molar-refractivity contribution in [2.75, 3.05) is 13.7 Å². The molecule has 4 heteroatoms. The van der Waals surface area contributed by atoms with Crippen LogP contribution in [0.5, 0.6) is 5.75 Å². The Labute approximate surface area is 171 Å². The van der Waals surface area contributed by atoms with Crippen LogP contribution < -0.4 is 4.74 Å². The van der Waals surface area contributed by atoms with E-state index in [1.807, 2.05) is 54.6 Å². The molecule has 0 amide bonds. The van der Waals surface area contributed by atoms with E-state index in [9.17, 15) is 9.90 Å². The number of methoxy groups -OCH3 is 1. The van der Waals surface area contributed by atoms with Gasteiger partial charge in [-0.2, -0.15) is 0 Å². The van der Waals surface area contributed by atoms with Crippen LogP contribution in [0.15, 0.2) is 78.9 Å². The molecule has 1 aliphatic rings. The van der Waals surface area contributed by atoms with E-state index in [4.69, 9.17) is 4.74 Å². The summed E-state index contributed by atoms with van der Waals surface area (Å²) >= 11 is 0. The lowest BCUT2D eigenvalue weighted by molar-refractivity contribution is -0.145. The molecule has 0 fully saturated rings. The predicted molar refractivity (Wildman–Crippen MR) is 113 cm³/mol. The SMILES string of the molecule is COc1ccc2c(c1)CCN(C(C(=O)O)c1ccccc1)C2Cc1ccccc1. The number of hydrogen-bond donors (Lipinski definition) is 1. The maximum atomic E-state index is 12.3. The average Bonchev–Trinajstić information content (AvgIpc) is 2.76. The fraction of sp³-hybridized carbons (Fsp3) is 0.240. The third-order valence-electron chi connectivity index (χ3n) is 5.70. The molecule has 1 N–H and O–H groups in total. The van der Waals surface area contributed by atoms with E-state index in [2.05, 4.69) is 29.2 Å². The van der Waals surface area contributed by atoms with Crippen molar-refractivity contribution in [1.82, 2.24) is 4.90 Å². The van der Waals surface area contributed by atoms with Gasteiger partial charge in [0, 0.05) is 12.6 Å². The summed E-state index contributed by atoms with van der Waals surface area (Å²) in [5.41, 5.74) is 4.43. The van der Waals surface area contributed by atoms with Gasteiger partial charge < -0.3 is 9.84 Å². The van der Waals surface area contributed by atoms with E-state index in [0.29, 0.717) is 6.54 Å². The second kappa shape index (κ2) is 8.50. The summed E-state index contributed by atoms with van der Waals surface area (Å²) in [6.07, 6.45) is 1.56. The number of hydrogen-bond acceptors (Lipinski definition) is 3. The van der Waals surface area contributed by atoms with Gasteiger partial charge in [0.2, 0.25) is 0 Å². The number of rotatable bonds is 6. The van der Waals surface area contributed by atoms with E-state index >= 15 is 0 Å². The van der Waals surface area contributed by atoms with Gasteiger partial charge in [0.25, 0.3) is 0 Å². The first-order valence-electron chi connectivity index (χ1n) is 9.91. The second-order valence-corrected chi connectivity index (χ2v) is 7.41. The van der Waals surface area contributed by atoms with Crippen molar-refractivity contribution in [3.8, 4) is 5.75 Å². The molecule has 0 saturated carbocycles. The Morgan fingerprint density at radius 1 is 1.07 bits per heavy atom. The topological polar surface area (TPSA) is 49.8 Å². The van der Waals surface area contributed by atoms with Gasteiger partial charge in [-0.3, -0.25) is 9.69 Å². The minimum Gasteiger partial charge on any atom is -0.497 e. The lowest BCUT2D eigenvalue weighted by Gasteiger charge is -2.41. The molecule has 0 spiro atoms. The van der Waals surface area contributed by atoms with Gasteiger partial charge in [0.15, 0.2) is 0 Å². The van der Waals surface area contributed by atoms with E-state index in [0.717, 1.165) is 24.2 Å². The van der Waals surface area contributed by atoms with E-state index in [-0.39, 0.29) is 6.04 Å². The molecule has 2 atom stereocenters. The summed E-state index contributed by atoms with van der Waals surface area (Å²) < 4.78 is 5.41. The van der Waals surface area contributed by atoms with Crippen LogP contribution in [0, 0.1) is 0 Å². The van der Waals surface area contributed by atoms with E-state index < -0.39 is 12.0 Å². The number of nitrogens with zero attached hydrogens (tertiary/aromatic N) is 1. The summed E-state index contributed by atoms with van der Waals surface area (Å²) in [5, 5.41) is 10.1. The van der Waals surface area contributed by atoms with Crippen molar-refractivity contribution in [2.45, 2.75) is 24.9 Å². The highest BCUT2D eigenvalue weighted by molar-refractivity contribution is 5.75. The van der Waals surface area contributed by atoms with Gasteiger partial charge >= 0.3 is 5.97 Å². The fourth-order valence-corrected chi connectivity index (χ4v) is 4.32. The van der Waals surface area contributed by atoms with E-state index in [1.165, 1.54) is 16.7 Å². The van der Waals surface area contributed by atoms with Gasteiger partial charge in [0.05, 0.1) is 7.11 Å². The van der Waals surface area contributed by atoms with Crippen LogP contribution in [0.3, 0.4) is 0 Å². The molecule has 4 rings (SSSR count). The standard InChI is InChI=1S/C25H25NO3/c1-29-21-12-13-22-20(17-21)14-15-26(23(22)16-18-8-4-2-5-9-18)24(25(27)28)19-10-6-3-7-11-19/h2-13,17,23-24H,14-16H2,1H3,(H,27,28). The molecule has 0 bridgehead atoms. The fourth-order valence-electron chi connectivity index (χ4n) is 4.32. The molecular formula is C25H25NO3. The normalized spacial score (nSPS) is 17.3. The van der Waals surface area contributed by atoms with Gasteiger partial charge in [-0.15, -0.1) is 0 Å². The summed E-state index contributed by atoms with van der Waals surface area (Å²) in [6.45, 7) is 0.684. The van der Waals surface area contributed by atoms with E-state index in [1.54, 1.807) is 7.11 Å². The number of aliphatic carboxylic acids is 1. The van der Waals surface area contributed by atoms with Crippen LogP contribution in [0.2, 0.25) is 0 Å². The number of carboxylic acid groups (broad SMARTS) is 1. The molecule has 0 aromatic heterocycles. The first kappa shape index (κ1) is 19.2. The van der Waals surface area contributed by atoms with Gasteiger partial charge in [-0.1, -0.05) is 66.7 Å². The maximum Gasteiger partial charge on any atom is 0.325 e. The van der Waals surface area contributed by atoms with Crippen LogP contribution in [-0.4, -0.2) is 29.6 Å². The van der Waals surface area contributed by atoms with Crippen molar-refractivity contribution in [1.29, 1.82) is 0 Å². The minimum absolute atomic E-state index is 0.0200. The molecular weight excluding hydrogens is 362 g/mol. The Kier molecular flexibility index (Phi) is 5.63. The molecule has 1 aliphatic heterocycles. The first-order chi connectivity index (χ1) is 14.2. The van der Waals surface area contributed by atoms with Crippen LogP contribution in [0.1, 0.15) is 34.3 Å². The Bertz CT molecular complexity index is 972. The highest BCUT2D eigenvalue weighted by Crippen LogP contribution is 2.39. The molecule has 29 heavy (non-hydrogen) atoms. The van der Waals surface area contributed by atoms with Gasteiger partial charge in [-0.05, 0) is 47.2 Å². The quantitative estimate of drug-likeness (QED) is 0.668. The van der Waals surface area contributed by atoms with Crippen LogP contribution in [0.4, 0.5) is 0 Å². The molecule has 4 nitrogen and oxygen atoms in total. The zero-order valence-electron chi connectivity index (χ0n) is 16.5. The van der Waals surface area contributed by atoms with Crippen LogP contribution in [0.25, 0.3) is 0 Å². The molecule has 3 aromatic rings. The summed E-state index contributed by atoms with van der Waals surface area (Å²) in [6, 6.07) is 25.3. The van der Waals surface area contributed by atoms with Crippen molar-refractivity contribution < 1.29 is 14.6 Å². The summed E-state index contributed by atoms with van der Waals surface area (Å²) in [7, 11) is 1.67. The zero-order chi connectivity index (χ0) is 20.2. The number of fused-ring (bicyclic) bond motifs is 1. The molecule has 2 unspecified atom stereocenters. The maximum absolute atomic E-state index is 12.3. The predicted octanol–water partition coefficient (Wildman–Crippen LogP) is 4.66. The Hall–Kier alpha value is -3.11. The van der Waals surface area contributed by atoms with Gasteiger partial charge in [-0.25, -0.2) is 0 Å². The minimum atomic E-state index is -0.814. The third kappa shape index (κ3) is 4.03. The highest BCUT2D eigenvalue weighted by atomic mass is 16.5. The van der Waals surface area contributed by atoms with Crippen molar-refractivity contribution in [2.24, 2.45) is 0 Å². The molecule has 3 aromatic carbocycles. The van der Waals surface area contributed by atoms with Crippen LogP contribution in [-0.2, 0) is 17.6 Å². The summed E-state index contributed by atoms with van der Waals surface area (Å²) in [4.78, 5) is 14.5. The lowest BCUT2D eigenvalue weighted by Crippen LogP contribution is -2.42. The number of ether oxygens (including phenoxy) is 1. The molecule has 0 aliphatic carbocycles. The highest BCUT2D eigenvalue weighted by Gasteiger charge is 2.36. The van der Waals surface area contributed by atoms with Crippen LogP contribution >= 0.6 is 0 Å². The Morgan fingerprint density at radius 2 is 1.76 bits per heavy atom. The summed E-state index contributed by atoms with van der Waals surface area (Å²) in [5.74, 6) is 0.0275. The third-order valence-corrected chi connectivity index (χ3v) is 5.70. The molecule has 148 valence electrons. The van der Waals surface area contributed by atoms with Gasteiger partial charge in [0.1, 0.15) is 11.8 Å². The Balaban J connectivity index is 1.77.